The van der Waals surface area contributed by atoms with Crippen molar-refractivity contribution in [3.63, 3.8) is 0 Å². The summed E-state index contributed by atoms with van der Waals surface area (Å²) in [6.45, 7) is 5.99. The van der Waals surface area contributed by atoms with Gasteiger partial charge in [0, 0.05) is 12.0 Å². The third-order valence-electron chi connectivity index (χ3n) is 3.17. The van der Waals surface area contributed by atoms with Crippen molar-refractivity contribution < 1.29 is 0 Å². The number of hydrogen-bond donors (Lipinski definition) is 2. The van der Waals surface area contributed by atoms with Crippen molar-refractivity contribution in [1.82, 2.24) is 9.97 Å². The van der Waals surface area contributed by atoms with Gasteiger partial charge in [-0.2, -0.15) is 0 Å². The summed E-state index contributed by atoms with van der Waals surface area (Å²) in [7, 11) is 0. The Morgan fingerprint density at radius 1 is 1.25 bits per heavy atom. The Labute approximate surface area is 124 Å². The van der Waals surface area contributed by atoms with Crippen LogP contribution in [0.2, 0.25) is 5.02 Å². The summed E-state index contributed by atoms with van der Waals surface area (Å²) in [4.78, 5) is 8.84. The van der Waals surface area contributed by atoms with Gasteiger partial charge in [-0.3, -0.25) is 0 Å². The number of hydrogen-bond acceptors (Lipinski definition) is 4. The minimum Gasteiger partial charge on any atom is -0.383 e. The second-order valence-electron chi connectivity index (χ2n) is 4.81. The normalized spacial score (nSPS) is 10.6. The lowest BCUT2D eigenvalue weighted by Crippen LogP contribution is -2.07. The number of halogens is 1. The number of para-hydroxylation sites is 1. The van der Waals surface area contributed by atoms with Crippen molar-refractivity contribution in [1.29, 1.82) is 0 Å². The van der Waals surface area contributed by atoms with Gasteiger partial charge in [0.15, 0.2) is 0 Å². The molecule has 2 aromatic rings. The van der Waals surface area contributed by atoms with E-state index in [1.807, 2.05) is 32.0 Å². The molecular weight excluding hydrogens is 272 g/mol. The van der Waals surface area contributed by atoms with E-state index in [-0.39, 0.29) is 0 Å². The second kappa shape index (κ2) is 6.09. The molecule has 0 unspecified atom stereocenters. The van der Waals surface area contributed by atoms with E-state index < -0.39 is 0 Å². The van der Waals surface area contributed by atoms with E-state index in [4.69, 9.17) is 17.3 Å². The van der Waals surface area contributed by atoms with Gasteiger partial charge in [-0.15, -0.1) is 0 Å². The molecule has 0 aliphatic carbocycles. The van der Waals surface area contributed by atoms with Gasteiger partial charge in [0.05, 0.1) is 10.7 Å². The standard InChI is InChI=1S/C15H19ClN4/c1-4-6-12-18-14(17)10(3)15(19-12)20-13-9(2)7-5-8-11(13)16/h5,7-8H,4,6H2,1-3H3,(H3,17,18,19,20). The van der Waals surface area contributed by atoms with Crippen LogP contribution in [0.5, 0.6) is 0 Å². The molecule has 0 aliphatic rings. The number of aryl methyl sites for hydroxylation is 2. The molecule has 0 atom stereocenters. The molecule has 1 aromatic heterocycles. The monoisotopic (exact) mass is 290 g/mol. The third kappa shape index (κ3) is 3.02. The first-order valence-electron chi connectivity index (χ1n) is 6.68. The fraction of sp³-hybridized carbons (Fsp3) is 0.333. The summed E-state index contributed by atoms with van der Waals surface area (Å²) in [6, 6.07) is 5.78. The first-order chi connectivity index (χ1) is 9.52. The maximum atomic E-state index is 6.24. The Hall–Kier alpha value is -1.81. The molecule has 0 saturated heterocycles. The smallest absolute Gasteiger partial charge is 0.139 e. The molecule has 1 heterocycles. The molecule has 0 radical (unpaired) electrons. The lowest BCUT2D eigenvalue weighted by Gasteiger charge is -2.14. The number of aromatic nitrogens is 2. The molecule has 0 aliphatic heterocycles. The van der Waals surface area contributed by atoms with Gasteiger partial charge in [0.2, 0.25) is 0 Å². The van der Waals surface area contributed by atoms with Gasteiger partial charge < -0.3 is 11.1 Å². The predicted molar refractivity (Wildman–Crippen MR) is 84.6 cm³/mol. The van der Waals surface area contributed by atoms with E-state index in [0.29, 0.717) is 10.8 Å². The van der Waals surface area contributed by atoms with Gasteiger partial charge in [0.1, 0.15) is 17.5 Å². The van der Waals surface area contributed by atoms with Crippen molar-refractivity contribution in [3.05, 3.63) is 40.2 Å². The average molecular weight is 291 g/mol. The van der Waals surface area contributed by atoms with Crippen LogP contribution in [0.3, 0.4) is 0 Å². The Kier molecular flexibility index (Phi) is 4.45. The average Bonchev–Trinajstić information content (AvgIpc) is 2.39. The first-order valence-corrected chi connectivity index (χ1v) is 7.05. The Bertz CT molecular complexity index is 605. The van der Waals surface area contributed by atoms with Crippen molar-refractivity contribution in [2.45, 2.75) is 33.6 Å². The molecule has 0 saturated carbocycles. The molecule has 1 aromatic carbocycles. The summed E-state index contributed by atoms with van der Waals surface area (Å²) in [6.07, 6.45) is 1.79. The predicted octanol–water partition coefficient (Wildman–Crippen LogP) is 4.03. The van der Waals surface area contributed by atoms with Crippen LogP contribution in [0.1, 0.15) is 30.3 Å². The number of nitrogens with two attached hydrogens (primary N) is 1. The topological polar surface area (TPSA) is 63.8 Å². The van der Waals surface area contributed by atoms with Crippen LogP contribution in [-0.4, -0.2) is 9.97 Å². The van der Waals surface area contributed by atoms with E-state index in [2.05, 4.69) is 22.2 Å². The number of nitrogens with zero attached hydrogens (tertiary/aromatic N) is 2. The van der Waals surface area contributed by atoms with Crippen LogP contribution in [0.15, 0.2) is 18.2 Å². The highest BCUT2D eigenvalue weighted by Crippen LogP contribution is 2.30. The quantitative estimate of drug-likeness (QED) is 0.892. The zero-order valence-electron chi connectivity index (χ0n) is 12.0. The van der Waals surface area contributed by atoms with Crippen molar-refractivity contribution in [2.75, 3.05) is 11.1 Å². The number of nitrogen functional groups attached to an aromatic ring is 1. The maximum absolute atomic E-state index is 6.24. The van der Waals surface area contributed by atoms with Crippen LogP contribution in [0.4, 0.5) is 17.3 Å². The fourth-order valence-electron chi connectivity index (χ4n) is 1.95. The van der Waals surface area contributed by atoms with Crippen LogP contribution in [0, 0.1) is 13.8 Å². The van der Waals surface area contributed by atoms with Crippen LogP contribution >= 0.6 is 11.6 Å². The van der Waals surface area contributed by atoms with E-state index in [0.717, 1.165) is 41.3 Å². The first kappa shape index (κ1) is 14.6. The van der Waals surface area contributed by atoms with E-state index in [1.54, 1.807) is 0 Å². The number of benzene rings is 1. The van der Waals surface area contributed by atoms with E-state index >= 15 is 0 Å². The molecule has 0 amide bonds. The summed E-state index contributed by atoms with van der Waals surface area (Å²) >= 11 is 6.24. The molecule has 0 fully saturated rings. The van der Waals surface area contributed by atoms with Crippen LogP contribution in [-0.2, 0) is 6.42 Å². The van der Waals surface area contributed by atoms with E-state index in [9.17, 15) is 0 Å². The molecule has 4 nitrogen and oxygen atoms in total. The summed E-state index contributed by atoms with van der Waals surface area (Å²) in [5.41, 5.74) is 8.71. The van der Waals surface area contributed by atoms with Gasteiger partial charge in [-0.25, -0.2) is 9.97 Å². The Morgan fingerprint density at radius 2 is 2.00 bits per heavy atom. The lowest BCUT2D eigenvalue weighted by atomic mass is 10.2. The summed E-state index contributed by atoms with van der Waals surface area (Å²) in [5, 5.41) is 3.95. The highest BCUT2D eigenvalue weighted by Gasteiger charge is 2.11. The van der Waals surface area contributed by atoms with Gasteiger partial charge >= 0.3 is 0 Å². The van der Waals surface area contributed by atoms with Crippen LogP contribution in [0.25, 0.3) is 0 Å². The highest BCUT2D eigenvalue weighted by molar-refractivity contribution is 6.33. The highest BCUT2D eigenvalue weighted by atomic mass is 35.5. The van der Waals surface area contributed by atoms with Crippen molar-refractivity contribution in [2.24, 2.45) is 0 Å². The maximum Gasteiger partial charge on any atom is 0.139 e. The SMILES string of the molecule is CCCc1nc(N)c(C)c(Nc2c(C)cccc2Cl)n1. The second-order valence-corrected chi connectivity index (χ2v) is 5.21. The van der Waals surface area contributed by atoms with E-state index in [1.165, 1.54) is 0 Å². The van der Waals surface area contributed by atoms with Gasteiger partial charge in [-0.1, -0.05) is 30.7 Å². The number of anilines is 3. The fourth-order valence-corrected chi connectivity index (χ4v) is 2.22. The van der Waals surface area contributed by atoms with Crippen molar-refractivity contribution in [3.8, 4) is 0 Å². The summed E-state index contributed by atoms with van der Waals surface area (Å²) < 4.78 is 0. The molecular formula is C15H19ClN4. The number of nitrogens with one attached hydrogen (secondary N) is 1. The largest absolute Gasteiger partial charge is 0.383 e. The molecule has 3 N–H and O–H groups in total. The van der Waals surface area contributed by atoms with Crippen molar-refractivity contribution >= 4 is 28.9 Å². The number of rotatable bonds is 4. The van der Waals surface area contributed by atoms with Gasteiger partial charge in [0.25, 0.3) is 0 Å². The molecule has 5 heteroatoms. The Morgan fingerprint density at radius 3 is 2.65 bits per heavy atom. The third-order valence-corrected chi connectivity index (χ3v) is 3.48. The zero-order valence-corrected chi connectivity index (χ0v) is 12.8. The minimum atomic E-state index is 0.510. The Balaban J connectivity index is 2.42. The molecule has 106 valence electrons. The molecule has 20 heavy (non-hydrogen) atoms. The summed E-state index contributed by atoms with van der Waals surface area (Å²) in [5.74, 6) is 1.98. The van der Waals surface area contributed by atoms with Crippen LogP contribution < -0.4 is 11.1 Å². The molecule has 0 spiro atoms. The molecule has 2 rings (SSSR count). The van der Waals surface area contributed by atoms with Gasteiger partial charge in [-0.05, 0) is 31.9 Å². The minimum absolute atomic E-state index is 0.510. The lowest BCUT2D eigenvalue weighted by molar-refractivity contribution is 0.836. The molecule has 0 bridgehead atoms. The zero-order chi connectivity index (χ0) is 14.7.